The molecule has 0 fully saturated rings. The molecule has 0 unspecified atom stereocenters. The van der Waals surface area contributed by atoms with E-state index in [9.17, 15) is 0 Å². The van der Waals surface area contributed by atoms with Gasteiger partial charge in [0.1, 0.15) is 0 Å². The van der Waals surface area contributed by atoms with Gasteiger partial charge in [-0.05, 0) is 24.5 Å². The Morgan fingerprint density at radius 1 is 1.31 bits per heavy atom. The summed E-state index contributed by atoms with van der Waals surface area (Å²) in [4.78, 5) is 5.51. The van der Waals surface area contributed by atoms with Crippen molar-refractivity contribution in [3.8, 4) is 10.4 Å². The average molecular weight is 232 g/mol. The summed E-state index contributed by atoms with van der Waals surface area (Å²) in [5.74, 6) is 0. The van der Waals surface area contributed by atoms with Crippen LogP contribution in [0.5, 0.6) is 0 Å². The van der Waals surface area contributed by atoms with Crippen molar-refractivity contribution in [3.05, 3.63) is 41.0 Å². The normalized spacial score (nSPS) is 12.7. The molecule has 84 valence electrons. The zero-order valence-corrected chi connectivity index (χ0v) is 10.4. The number of rotatable bonds is 3. The molecular weight excluding hydrogens is 216 g/mol. The molecule has 0 saturated heterocycles. The van der Waals surface area contributed by atoms with Gasteiger partial charge in [0.25, 0.3) is 0 Å². The number of thiazole rings is 1. The van der Waals surface area contributed by atoms with Crippen molar-refractivity contribution < 1.29 is 0 Å². The van der Waals surface area contributed by atoms with Gasteiger partial charge in [0, 0.05) is 6.04 Å². The van der Waals surface area contributed by atoms with E-state index in [2.05, 4.69) is 36.2 Å². The van der Waals surface area contributed by atoms with Crippen LogP contribution in [0.2, 0.25) is 0 Å². The highest BCUT2D eigenvalue weighted by molar-refractivity contribution is 7.13. The molecule has 1 aromatic carbocycles. The molecule has 3 heteroatoms. The van der Waals surface area contributed by atoms with Crippen molar-refractivity contribution in [2.24, 2.45) is 5.73 Å². The lowest BCUT2D eigenvalue weighted by atomic mass is 10.0. The molecule has 2 aromatic rings. The third-order valence-corrected chi connectivity index (χ3v) is 3.76. The van der Waals surface area contributed by atoms with Gasteiger partial charge in [-0.2, -0.15) is 0 Å². The molecule has 0 amide bonds. The number of nitrogens with two attached hydrogens (primary N) is 1. The Morgan fingerprint density at radius 3 is 2.50 bits per heavy atom. The van der Waals surface area contributed by atoms with Gasteiger partial charge < -0.3 is 5.73 Å². The van der Waals surface area contributed by atoms with E-state index >= 15 is 0 Å². The largest absolute Gasteiger partial charge is 0.324 e. The minimum atomic E-state index is 0.150. The smallest absolute Gasteiger partial charge is 0.0801 e. The topological polar surface area (TPSA) is 38.9 Å². The fraction of sp³-hybridized carbons (Fsp3) is 0.308. The Balaban J connectivity index is 2.30. The summed E-state index contributed by atoms with van der Waals surface area (Å²) < 4.78 is 0. The molecule has 2 rings (SSSR count). The highest BCUT2D eigenvalue weighted by Gasteiger charge is 2.06. The summed E-state index contributed by atoms with van der Waals surface area (Å²) >= 11 is 1.68. The second-order valence-electron chi connectivity index (χ2n) is 3.90. The van der Waals surface area contributed by atoms with Gasteiger partial charge in [0.2, 0.25) is 0 Å². The molecule has 0 aliphatic rings. The van der Waals surface area contributed by atoms with Gasteiger partial charge in [-0.3, -0.25) is 0 Å². The zero-order valence-electron chi connectivity index (χ0n) is 9.60. The molecule has 2 nitrogen and oxygen atoms in total. The van der Waals surface area contributed by atoms with E-state index < -0.39 is 0 Å². The summed E-state index contributed by atoms with van der Waals surface area (Å²) in [7, 11) is 0. The third kappa shape index (κ3) is 2.15. The Morgan fingerprint density at radius 2 is 2.00 bits per heavy atom. The monoisotopic (exact) mass is 232 g/mol. The minimum Gasteiger partial charge on any atom is -0.324 e. The molecule has 0 aliphatic carbocycles. The number of benzene rings is 1. The van der Waals surface area contributed by atoms with E-state index in [1.54, 1.807) is 11.3 Å². The van der Waals surface area contributed by atoms with Crippen LogP contribution in [-0.4, -0.2) is 4.98 Å². The summed E-state index contributed by atoms with van der Waals surface area (Å²) in [6.45, 7) is 4.14. The molecule has 1 atom stereocenters. The fourth-order valence-electron chi connectivity index (χ4n) is 1.70. The van der Waals surface area contributed by atoms with Gasteiger partial charge >= 0.3 is 0 Å². The number of aryl methyl sites for hydroxylation is 1. The standard InChI is InChI=1S/C13H16N2S/c1-3-12(14)10-4-6-11(7-5-10)13-9(2)15-8-16-13/h4-8,12H,3,14H2,1-2H3/t12-/m0/s1. The number of nitrogens with zero attached hydrogens (tertiary/aromatic N) is 1. The molecule has 0 aliphatic heterocycles. The van der Waals surface area contributed by atoms with Gasteiger partial charge in [-0.25, -0.2) is 4.98 Å². The Bertz CT molecular complexity index is 459. The van der Waals surface area contributed by atoms with Crippen molar-refractivity contribution in [2.75, 3.05) is 0 Å². The molecule has 0 radical (unpaired) electrons. The van der Waals surface area contributed by atoms with Crippen LogP contribution < -0.4 is 5.73 Å². The highest BCUT2D eigenvalue weighted by Crippen LogP contribution is 2.28. The highest BCUT2D eigenvalue weighted by atomic mass is 32.1. The van der Waals surface area contributed by atoms with E-state index in [0.717, 1.165) is 12.1 Å². The van der Waals surface area contributed by atoms with Crippen molar-refractivity contribution in [3.63, 3.8) is 0 Å². The van der Waals surface area contributed by atoms with E-state index in [-0.39, 0.29) is 6.04 Å². The lowest BCUT2D eigenvalue weighted by molar-refractivity contribution is 0.699. The maximum absolute atomic E-state index is 5.98. The first-order chi connectivity index (χ1) is 7.72. The number of aromatic nitrogens is 1. The third-order valence-electron chi connectivity index (χ3n) is 2.79. The van der Waals surface area contributed by atoms with Crippen LogP contribution in [0, 0.1) is 6.92 Å². The molecule has 1 aromatic heterocycles. The van der Waals surface area contributed by atoms with Gasteiger partial charge in [0.15, 0.2) is 0 Å². The first-order valence-electron chi connectivity index (χ1n) is 5.48. The van der Waals surface area contributed by atoms with E-state index in [0.29, 0.717) is 0 Å². The first kappa shape index (κ1) is 11.3. The second-order valence-corrected chi connectivity index (χ2v) is 4.76. The maximum atomic E-state index is 5.98. The van der Waals surface area contributed by atoms with Crippen LogP contribution in [-0.2, 0) is 0 Å². The van der Waals surface area contributed by atoms with Crippen molar-refractivity contribution in [2.45, 2.75) is 26.3 Å². The summed E-state index contributed by atoms with van der Waals surface area (Å²) in [6, 6.07) is 8.64. The predicted octanol–water partition coefficient (Wildman–Crippen LogP) is 3.53. The fourth-order valence-corrected chi connectivity index (χ4v) is 2.51. The molecule has 16 heavy (non-hydrogen) atoms. The number of hydrogen-bond acceptors (Lipinski definition) is 3. The molecule has 1 heterocycles. The molecular formula is C13H16N2S. The van der Waals surface area contributed by atoms with E-state index in [1.165, 1.54) is 16.0 Å². The SMILES string of the molecule is CC[C@H](N)c1ccc(-c2scnc2C)cc1. The van der Waals surface area contributed by atoms with Crippen molar-refractivity contribution in [1.29, 1.82) is 0 Å². The van der Waals surface area contributed by atoms with Crippen LogP contribution >= 0.6 is 11.3 Å². The summed E-state index contributed by atoms with van der Waals surface area (Å²) in [5, 5.41) is 0. The van der Waals surface area contributed by atoms with Crippen molar-refractivity contribution >= 4 is 11.3 Å². The van der Waals surface area contributed by atoms with Crippen LogP contribution in [0.15, 0.2) is 29.8 Å². The Kier molecular flexibility index (Phi) is 3.36. The van der Waals surface area contributed by atoms with Crippen LogP contribution in [0.1, 0.15) is 30.6 Å². The maximum Gasteiger partial charge on any atom is 0.0801 e. The second kappa shape index (κ2) is 4.76. The lowest BCUT2D eigenvalue weighted by Gasteiger charge is -2.09. The molecule has 0 spiro atoms. The predicted molar refractivity (Wildman–Crippen MR) is 69.5 cm³/mol. The summed E-state index contributed by atoms with van der Waals surface area (Å²) in [5.41, 5.74) is 11.4. The molecule has 2 N–H and O–H groups in total. The van der Waals surface area contributed by atoms with Gasteiger partial charge in [-0.1, -0.05) is 31.2 Å². The lowest BCUT2D eigenvalue weighted by Crippen LogP contribution is -2.07. The van der Waals surface area contributed by atoms with Crippen LogP contribution in [0.25, 0.3) is 10.4 Å². The van der Waals surface area contributed by atoms with E-state index in [1.807, 2.05) is 12.4 Å². The number of hydrogen-bond donors (Lipinski definition) is 1. The van der Waals surface area contributed by atoms with E-state index in [4.69, 9.17) is 5.73 Å². The van der Waals surface area contributed by atoms with Crippen LogP contribution in [0.4, 0.5) is 0 Å². The Hall–Kier alpha value is -1.19. The minimum absolute atomic E-state index is 0.150. The Labute approximate surface area is 100 Å². The quantitative estimate of drug-likeness (QED) is 0.879. The molecule has 0 bridgehead atoms. The average Bonchev–Trinajstić information content (AvgIpc) is 2.75. The molecule has 0 saturated carbocycles. The zero-order chi connectivity index (χ0) is 11.5. The van der Waals surface area contributed by atoms with Crippen molar-refractivity contribution in [1.82, 2.24) is 4.98 Å². The van der Waals surface area contributed by atoms with Gasteiger partial charge in [0.05, 0.1) is 16.1 Å². The summed E-state index contributed by atoms with van der Waals surface area (Å²) in [6.07, 6.45) is 0.971. The van der Waals surface area contributed by atoms with Crippen LogP contribution in [0.3, 0.4) is 0 Å². The first-order valence-corrected chi connectivity index (χ1v) is 6.36. The van der Waals surface area contributed by atoms with Gasteiger partial charge in [-0.15, -0.1) is 11.3 Å².